The summed E-state index contributed by atoms with van der Waals surface area (Å²) in [5.74, 6) is 0. The van der Waals surface area contributed by atoms with E-state index in [-0.39, 0.29) is 0 Å². The summed E-state index contributed by atoms with van der Waals surface area (Å²) in [5, 5.41) is 14.3. The first-order valence-electron chi connectivity index (χ1n) is 7.54. The van der Waals surface area contributed by atoms with E-state index in [9.17, 15) is 5.11 Å². The lowest BCUT2D eigenvalue weighted by molar-refractivity contribution is 0.159. The van der Waals surface area contributed by atoms with Gasteiger partial charge in [-0.1, -0.05) is 30.2 Å². The minimum absolute atomic E-state index is 0.398. The van der Waals surface area contributed by atoms with Gasteiger partial charge in [0.25, 0.3) is 0 Å². The Bertz CT molecular complexity index is 390. The highest BCUT2D eigenvalue weighted by molar-refractivity contribution is 6.30. The highest BCUT2D eigenvalue weighted by Crippen LogP contribution is 2.16. The van der Waals surface area contributed by atoms with Crippen LogP contribution in [0.15, 0.2) is 24.3 Å². The molecule has 2 rings (SSSR count). The molecule has 0 saturated carbocycles. The van der Waals surface area contributed by atoms with Crippen molar-refractivity contribution in [2.75, 3.05) is 26.2 Å². The molecule has 0 spiro atoms. The third-order valence-electron chi connectivity index (χ3n) is 3.90. The standard InChI is InChI=1S/C16H25ClN2O/c1-13(12-19-9-3-2-4-10-19)18-11-16(20)14-5-7-15(17)8-6-14/h5-8,13,16,18,20H,2-4,9-12H2,1H3. The zero-order chi connectivity index (χ0) is 14.4. The molecule has 1 heterocycles. The van der Waals surface area contributed by atoms with Crippen LogP contribution in [0.25, 0.3) is 0 Å². The van der Waals surface area contributed by atoms with E-state index in [1.54, 1.807) is 0 Å². The van der Waals surface area contributed by atoms with Crippen molar-refractivity contribution in [1.82, 2.24) is 10.2 Å². The maximum absolute atomic E-state index is 10.1. The van der Waals surface area contributed by atoms with Crippen LogP contribution in [0.2, 0.25) is 5.02 Å². The summed E-state index contributed by atoms with van der Waals surface area (Å²) in [4.78, 5) is 2.51. The number of nitrogens with one attached hydrogen (secondary N) is 1. The first kappa shape index (κ1) is 15.8. The van der Waals surface area contributed by atoms with E-state index in [1.165, 1.54) is 32.4 Å². The number of benzene rings is 1. The van der Waals surface area contributed by atoms with Crippen molar-refractivity contribution in [2.45, 2.75) is 38.3 Å². The van der Waals surface area contributed by atoms with Crippen molar-refractivity contribution in [3.8, 4) is 0 Å². The normalized spacial score (nSPS) is 19.8. The number of halogens is 1. The zero-order valence-electron chi connectivity index (χ0n) is 12.2. The van der Waals surface area contributed by atoms with E-state index in [1.807, 2.05) is 24.3 Å². The van der Waals surface area contributed by atoms with E-state index in [4.69, 9.17) is 11.6 Å². The number of likely N-dealkylation sites (tertiary alicyclic amines) is 1. The second-order valence-electron chi connectivity index (χ2n) is 5.74. The summed E-state index contributed by atoms with van der Waals surface area (Å²) < 4.78 is 0. The topological polar surface area (TPSA) is 35.5 Å². The summed E-state index contributed by atoms with van der Waals surface area (Å²) >= 11 is 5.85. The molecule has 1 aliphatic rings. The van der Waals surface area contributed by atoms with Crippen molar-refractivity contribution < 1.29 is 5.11 Å². The Labute approximate surface area is 126 Å². The molecule has 0 amide bonds. The maximum Gasteiger partial charge on any atom is 0.0914 e. The number of rotatable bonds is 6. The van der Waals surface area contributed by atoms with Gasteiger partial charge in [0.1, 0.15) is 0 Å². The van der Waals surface area contributed by atoms with E-state index < -0.39 is 6.10 Å². The Morgan fingerprint density at radius 2 is 1.85 bits per heavy atom. The molecule has 4 heteroatoms. The van der Waals surface area contributed by atoms with Crippen LogP contribution >= 0.6 is 11.6 Å². The van der Waals surface area contributed by atoms with Gasteiger partial charge in [-0.3, -0.25) is 0 Å². The lowest BCUT2D eigenvalue weighted by Crippen LogP contribution is -2.42. The molecule has 1 fully saturated rings. The number of aliphatic hydroxyl groups excluding tert-OH is 1. The molecule has 2 atom stereocenters. The van der Waals surface area contributed by atoms with Crippen molar-refractivity contribution >= 4 is 11.6 Å². The Balaban J connectivity index is 1.71. The SMILES string of the molecule is CC(CN1CCCCC1)NCC(O)c1ccc(Cl)cc1. The van der Waals surface area contributed by atoms with Crippen molar-refractivity contribution in [2.24, 2.45) is 0 Å². The summed E-state index contributed by atoms with van der Waals surface area (Å²) in [6, 6.07) is 7.79. The predicted molar refractivity (Wildman–Crippen MR) is 84.2 cm³/mol. The molecule has 112 valence electrons. The Hall–Kier alpha value is -0.610. The van der Waals surface area contributed by atoms with Crippen molar-refractivity contribution in [3.63, 3.8) is 0 Å². The van der Waals surface area contributed by atoms with E-state index >= 15 is 0 Å². The third-order valence-corrected chi connectivity index (χ3v) is 4.15. The quantitative estimate of drug-likeness (QED) is 0.847. The molecule has 1 aromatic rings. The number of piperidine rings is 1. The van der Waals surface area contributed by atoms with Crippen LogP contribution in [0.1, 0.15) is 37.9 Å². The minimum Gasteiger partial charge on any atom is -0.387 e. The molecule has 0 radical (unpaired) electrons. The number of hydrogen-bond acceptors (Lipinski definition) is 3. The van der Waals surface area contributed by atoms with Gasteiger partial charge in [0.2, 0.25) is 0 Å². The van der Waals surface area contributed by atoms with Gasteiger partial charge in [0.05, 0.1) is 6.10 Å². The molecular weight excluding hydrogens is 272 g/mol. The lowest BCUT2D eigenvalue weighted by Gasteiger charge is -2.29. The first-order valence-corrected chi connectivity index (χ1v) is 7.92. The average molecular weight is 297 g/mol. The van der Waals surface area contributed by atoms with Crippen LogP contribution in [0.3, 0.4) is 0 Å². The predicted octanol–water partition coefficient (Wildman–Crippen LogP) is 2.84. The Morgan fingerprint density at radius 3 is 2.50 bits per heavy atom. The smallest absolute Gasteiger partial charge is 0.0914 e. The molecule has 2 N–H and O–H groups in total. The fraction of sp³-hybridized carbons (Fsp3) is 0.625. The molecule has 3 nitrogen and oxygen atoms in total. The van der Waals surface area contributed by atoms with E-state index in [2.05, 4.69) is 17.1 Å². The van der Waals surface area contributed by atoms with Crippen molar-refractivity contribution in [3.05, 3.63) is 34.9 Å². The third kappa shape index (κ3) is 5.06. The molecule has 1 aromatic carbocycles. The Kier molecular flexibility index (Phi) is 6.30. The van der Waals surface area contributed by atoms with Gasteiger partial charge in [0, 0.05) is 24.2 Å². The average Bonchev–Trinajstić information content (AvgIpc) is 2.46. The highest BCUT2D eigenvalue weighted by Gasteiger charge is 2.14. The van der Waals surface area contributed by atoms with Crippen molar-refractivity contribution in [1.29, 1.82) is 0 Å². The number of hydrogen-bond donors (Lipinski definition) is 2. The summed E-state index contributed by atoms with van der Waals surface area (Å²) in [7, 11) is 0. The van der Waals surface area contributed by atoms with Crippen LogP contribution in [0, 0.1) is 0 Å². The van der Waals surface area contributed by atoms with Gasteiger partial charge in [-0.15, -0.1) is 0 Å². The second-order valence-corrected chi connectivity index (χ2v) is 6.17. The van der Waals surface area contributed by atoms with Gasteiger partial charge >= 0.3 is 0 Å². The Morgan fingerprint density at radius 1 is 1.20 bits per heavy atom. The maximum atomic E-state index is 10.1. The summed E-state index contributed by atoms with van der Waals surface area (Å²) in [6.45, 7) is 6.25. The van der Waals surface area contributed by atoms with Gasteiger partial charge in [-0.25, -0.2) is 0 Å². The largest absolute Gasteiger partial charge is 0.387 e. The fourth-order valence-corrected chi connectivity index (χ4v) is 2.84. The summed E-state index contributed by atoms with van der Waals surface area (Å²) in [5.41, 5.74) is 0.909. The number of aliphatic hydroxyl groups is 1. The van der Waals surface area contributed by atoms with Gasteiger partial charge in [-0.2, -0.15) is 0 Å². The zero-order valence-corrected chi connectivity index (χ0v) is 12.9. The molecule has 0 aromatic heterocycles. The lowest BCUT2D eigenvalue weighted by atomic mass is 10.1. The van der Waals surface area contributed by atoms with Crippen LogP contribution in [-0.2, 0) is 0 Å². The van der Waals surface area contributed by atoms with Crippen LogP contribution < -0.4 is 5.32 Å². The molecule has 20 heavy (non-hydrogen) atoms. The molecular formula is C16H25ClN2O. The molecule has 2 unspecified atom stereocenters. The molecule has 1 aliphatic heterocycles. The van der Waals surface area contributed by atoms with Gasteiger partial charge in [-0.05, 0) is 50.6 Å². The summed E-state index contributed by atoms with van der Waals surface area (Å²) in [6.07, 6.45) is 3.53. The molecule has 0 aliphatic carbocycles. The van der Waals surface area contributed by atoms with Gasteiger partial charge < -0.3 is 15.3 Å². The van der Waals surface area contributed by atoms with Crippen LogP contribution in [0.4, 0.5) is 0 Å². The van der Waals surface area contributed by atoms with E-state index in [0.717, 1.165) is 12.1 Å². The highest BCUT2D eigenvalue weighted by atomic mass is 35.5. The molecule has 1 saturated heterocycles. The van der Waals surface area contributed by atoms with Crippen LogP contribution in [-0.4, -0.2) is 42.2 Å². The van der Waals surface area contributed by atoms with Crippen LogP contribution in [0.5, 0.6) is 0 Å². The first-order chi connectivity index (χ1) is 9.65. The number of nitrogens with zero attached hydrogens (tertiary/aromatic N) is 1. The van der Waals surface area contributed by atoms with Gasteiger partial charge in [0.15, 0.2) is 0 Å². The second kappa shape index (κ2) is 7.99. The molecule has 0 bridgehead atoms. The monoisotopic (exact) mass is 296 g/mol. The fourth-order valence-electron chi connectivity index (χ4n) is 2.71. The minimum atomic E-state index is -0.476. The van der Waals surface area contributed by atoms with E-state index in [0.29, 0.717) is 17.6 Å².